The van der Waals surface area contributed by atoms with Crippen molar-refractivity contribution in [3.8, 4) is 0 Å². The minimum absolute atomic E-state index is 0.182. The van der Waals surface area contributed by atoms with Gasteiger partial charge in [0.05, 0.1) is 10.9 Å². The van der Waals surface area contributed by atoms with Crippen LogP contribution in [0.2, 0.25) is 0 Å². The number of aryl methyl sites for hydroxylation is 2. The number of hydrogen-bond acceptors (Lipinski definition) is 7. The lowest BCUT2D eigenvalue weighted by molar-refractivity contribution is 0.0746. The molecule has 4 heterocycles. The van der Waals surface area contributed by atoms with Crippen LogP contribution in [0.15, 0.2) is 27.9 Å². The lowest BCUT2D eigenvalue weighted by atomic mass is 10.2. The quantitative estimate of drug-likeness (QED) is 0.627. The Balaban J connectivity index is 1.53. The summed E-state index contributed by atoms with van der Waals surface area (Å²) < 4.78 is 1.43. The summed E-state index contributed by atoms with van der Waals surface area (Å²) >= 11 is 0. The summed E-state index contributed by atoms with van der Waals surface area (Å²) in [7, 11) is 0. The van der Waals surface area contributed by atoms with Crippen molar-refractivity contribution >= 4 is 22.8 Å². The lowest BCUT2D eigenvalue weighted by Crippen LogP contribution is -2.49. The Hall–Kier alpha value is -3.56. The van der Waals surface area contributed by atoms with Crippen molar-refractivity contribution in [3.05, 3.63) is 56.2 Å². The number of nitrogens with zero attached hydrogens (tertiary/aromatic N) is 6. The van der Waals surface area contributed by atoms with Gasteiger partial charge in [0.1, 0.15) is 17.3 Å². The minimum Gasteiger partial charge on any atom is -0.353 e. The standard InChI is InChI=1S/C23H29N7O3/c1-5-6-30-20-17(21(31)27-23(30)33)12-16(13-24-20)22(32)29-9-7-28(8-10-29)18-11-15(4)25-19(26-18)14(2)3/h11-14H,5-10H2,1-4H3,(H,27,31,33). The average Bonchev–Trinajstić information content (AvgIpc) is 2.80. The highest BCUT2D eigenvalue weighted by atomic mass is 16.2. The van der Waals surface area contributed by atoms with Gasteiger partial charge in [0.2, 0.25) is 0 Å². The first-order valence-corrected chi connectivity index (χ1v) is 11.3. The molecule has 0 aromatic carbocycles. The monoisotopic (exact) mass is 451 g/mol. The van der Waals surface area contributed by atoms with Crippen LogP contribution >= 0.6 is 0 Å². The van der Waals surface area contributed by atoms with Crippen LogP contribution in [-0.2, 0) is 6.54 Å². The Morgan fingerprint density at radius 2 is 1.85 bits per heavy atom. The third-order valence-corrected chi connectivity index (χ3v) is 5.79. The van der Waals surface area contributed by atoms with E-state index in [-0.39, 0.29) is 17.2 Å². The first-order chi connectivity index (χ1) is 15.8. The number of aromatic nitrogens is 5. The highest BCUT2D eigenvalue weighted by Crippen LogP contribution is 2.20. The van der Waals surface area contributed by atoms with Crippen molar-refractivity contribution in [1.82, 2.24) is 29.4 Å². The van der Waals surface area contributed by atoms with E-state index >= 15 is 0 Å². The molecule has 0 saturated carbocycles. The number of hydrogen-bond donors (Lipinski definition) is 1. The minimum atomic E-state index is -0.533. The van der Waals surface area contributed by atoms with E-state index in [4.69, 9.17) is 4.98 Å². The number of nitrogens with one attached hydrogen (secondary N) is 1. The maximum absolute atomic E-state index is 13.1. The number of carbonyl (C=O) groups excluding carboxylic acids is 1. The number of fused-ring (bicyclic) bond motifs is 1. The number of carbonyl (C=O) groups is 1. The van der Waals surface area contributed by atoms with E-state index < -0.39 is 11.2 Å². The Morgan fingerprint density at radius 1 is 1.12 bits per heavy atom. The van der Waals surface area contributed by atoms with Crippen LogP contribution in [0.3, 0.4) is 0 Å². The molecule has 4 rings (SSSR count). The van der Waals surface area contributed by atoms with E-state index in [1.807, 2.05) is 19.9 Å². The molecule has 1 N–H and O–H groups in total. The molecule has 10 nitrogen and oxygen atoms in total. The summed E-state index contributed by atoms with van der Waals surface area (Å²) in [6.07, 6.45) is 2.17. The van der Waals surface area contributed by atoms with Crippen molar-refractivity contribution in [2.45, 2.75) is 46.6 Å². The third-order valence-electron chi connectivity index (χ3n) is 5.79. The SMILES string of the molecule is CCCn1c(=O)[nH]c(=O)c2cc(C(=O)N3CCN(c4cc(C)nc(C(C)C)n4)CC3)cnc21. The second kappa shape index (κ2) is 9.13. The first-order valence-electron chi connectivity index (χ1n) is 11.3. The predicted octanol–water partition coefficient (Wildman–Crippen LogP) is 1.68. The third kappa shape index (κ3) is 4.50. The number of aromatic amines is 1. The fourth-order valence-electron chi connectivity index (χ4n) is 4.03. The van der Waals surface area contributed by atoms with Crippen LogP contribution in [0.5, 0.6) is 0 Å². The van der Waals surface area contributed by atoms with Gasteiger partial charge >= 0.3 is 5.69 Å². The highest BCUT2D eigenvalue weighted by molar-refractivity contribution is 5.96. The van der Waals surface area contributed by atoms with Crippen LogP contribution < -0.4 is 16.1 Å². The van der Waals surface area contributed by atoms with E-state index in [1.165, 1.54) is 16.8 Å². The molecule has 174 valence electrons. The second-order valence-corrected chi connectivity index (χ2v) is 8.67. The molecule has 0 unspecified atom stereocenters. The van der Waals surface area contributed by atoms with Gasteiger partial charge in [-0.15, -0.1) is 0 Å². The number of pyridine rings is 1. The number of H-pyrrole nitrogens is 1. The molecule has 1 aliphatic rings. The summed E-state index contributed by atoms with van der Waals surface area (Å²) in [5.74, 6) is 1.76. The summed E-state index contributed by atoms with van der Waals surface area (Å²) in [6.45, 7) is 10.8. The molecular weight excluding hydrogens is 422 g/mol. The topological polar surface area (TPSA) is 117 Å². The average molecular weight is 452 g/mol. The number of piperazine rings is 1. The van der Waals surface area contributed by atoms with Gasteiger partial charge in [-0.3, -0.25) is 19.1 Å². The maximum Gasteiger partial charge on any atom is 0.329 e. The zero-order chi connectivity index (χ0) is 23.7. The van der Waals surface area contributed by atoms with Gasteiger partial charge in [-0.05, 0) is 19.4 Å². The molecule has 3 aromatic heterocycles. The zero-order valence-electron chi connectivity index (χ0n) is 19.5. The molecule has 0 atom stereocenters. The van der Waals surface area contributed by atoms with Gasteiger partial charge in [-0.25, -0.2) is 19.7 Å². The van der Waals surface area contributed by atoms with Crippen molar-refractivity contribution in [3.63, 3.8) is 0 Å². The van der Waals surface area contributed by atoms with Gasteiger partial charge in [0, 0.05) is 56.6 Å². The first kappa shape index (κ1) is 22.6. The molecule has 0 bridgehead atoms. The Labute approximate surface area is 191 Å². The Morgan fingerprint density at radius 3 is 2.52 bits per heavy atom. The van der Waals surface area contributed by atoms with E-state index in [9.17, 15) is 14.4 Å². The fraction of sp³-hybridized carbons (Fsp3) is 0.478. The molecule has 10 heteroatoms. The summed E-state index contributed by atoms with van der Waals surface area (Å²) in [4.78, 5) is 57.4. The molecule has 1 fully saturated rings. The van der Waals surface area contributed by atoms with Crippen LogP contribution in [-0.4, -0.2) is 61.5 Å². The largest absolute Gasteiger partial charge is 0.353 e. The van der Waals surface area contributed by atoms with Gasteiger partial charge in [0.25, 0.3) is 11.5 Å². The highest BCUT2D eigenvalue weighted by Gasteiger charge is 2.24. The molecule has 33 heavy (non-hydrogen) atoms. The number of amides is 1. The van der Waals surface area contributed by atoms with Crippen LogP contribution in [0.25, 0.3) is 11.0 Å². The fourth-order valence-corrected chi connectivity index (χ4v) is 4.03. The molecule has 1 aliphatic heterocycles. The molecular formula is C23H29N7O3. The Kier molecular flexibility index (Phi) is 6.26. The lowest BCUT2D eigenvalue weighted by Gasteiger charge is -2.35. The molecule has 1 amide bonds. The van der Waals surface area contributed by atoms with Crippen LogP contribution in [0.1, 0.15) is 55.0 Å². The van der Waals surface area contributed by atoms with Gasteiger partial charge < -0.3 is 9.80 Å². The number of rotatable bonds is 5. The van der Waals surface area contributed by atoms with Crippen molar-refractivity contribution in [1.29, 1.82) is 0 Å². The maximum atomic E-state index is 13.1. The number of anilines is 1. The molecule has 3 aromatic rings. The van der Waals surface area contributed by atoms with Crippen molar-refractivity contribution in [2.75, 3.05) is 31.1 Å². The van der Waals surface area contributed by atoms with Crippen LogP contribution in [0.4, 0.5) is 5.82 Å². The van der Waals surface area contributed by atoms with Crippen molar-refractivity contribution < 1.29 is 4.79 Å². The van der Waals surface area contributed by atoms with E-state index in [1.54, 1.807) is 4.90 Å². The van der Waals surface area contributed by atoms with Crippen molar-refractivity contribution in [2.24, 2.45) is 0 Å². The molecule has 0 aliphatic carbocycles. The van der Waals surface area contributed by atoms with E-state index in [0.717, 1.165) is 23.8 Å². The second-order valence-electron chi connectivity index (χ2n) is 8.67. The molecule has 1 saturated heterocycles. The zero-order valence-corrected chi connectivity index (χ0v) is 19.5. The normalized spacial score (nSPS) is 14.3. The van der Waals surface area contributed by atoms with Gasteiger partial charge in [-0.1, -0.05) is 20.8 Å². The summed E-state index contributed by atoms with van der Waals surface area (Å²) in [5, 5.41) is 0.241. The smallest absolute Gasteiger partial charge is 0.329 e. The predicted molar refractivity (Wildman–Crippen MR) is 126 cm³/mol. The van der Waals surface area contributed by atoms with Crippen LogP contribution in [0, 0.1) is 6.92 Å². The van der Waals surface area contributed by atoms with Gasteiger partial charge in [-0.2, -0.15) is 0 Å². The summed E-state index contributed by atoms with van der Waals surface area (Å²) in [6, 6.07) is 3.50. The van der Waals surface area contributed by atoms with E-state index in [0.29, 0.717) is 43.9 Å². The molecule has 0 radical (unpaired) electrons. The molecule has 0 spiro atoms. The van der Waals surface area contributed by atoms with Gasteiger partial charge in [0.15, 0.2) is 0 Å². The van der Waals surface area contributed by atoms with E-state index in [2.05, 4.69) is 33.7 Å². The Bertz CT molecular complexity index is 1300. The summed E-state index contributed by atoms with van der Waals surface area (Å²) in [5.41, 5.74) is 0.540.